The minimum atomic E-state index is -4.70. The van der Waals surface area contributed by atoms with Crippen LogP contribution < -0.4 is 11.2 Å². The van der Waals surface area contributed by atoms with Crippen LogP contribution in [0, 0.1) is 24.1 Å². The molecule has 0 bridgehead atoms. The SMILES string of the molecule is CC(=O)N1CCC(n2c(=O)c(-c3c(F)cnn3-c3ccc(C#N)cc3)c(C)n(-c3cccc(C(F)(F)F)c3)c2=O)CC1. The Balaban J connectivity index is 1.79. The molecule has 216 valence electrons. The van der Waals surface area contributed by atoms with Crippen LogP contribution in [0.1, 0.15) is 42.6 Å². The Labute approximate surface area is 236 Å². The van der Waals surface area contributed by atoms with Gasteiger partial charge in [-0.3, -0.25) is 18.7 Å². The first-order valence-corrected chi connectivity index (χ1v) is 13.0. The van der Waals surface area contributed by atoms with E-state index in [2.05, 4.69) is 5.10 Å². The first-order valence-electron chi connectivity index (χ1n) is 13.0. The Morgan fingerprint density at radius 1 is 1.05 bits per heavy atom. The van der Waals surface area contributed by atoms with Crippen molar-refractivity contribution in [3.8, 4) is 28.7 Å². The first kappa shape index (κ1) is 28.5. The molecule has 3 heterocycles. The van der Waals surface area contributed by atoms with Gasteiger partial charge in [0.25, 0.3) is 5.56 Å². The number of halogens is 4. The highest BCUT2D eigenvalue weighted by Crippen LogP contribution is 2.32. The number of hydrogen-bond acceptors (Lipinski definition) is 5. The fourth-order valence-corrected chi connectivity index (χ4v) is 5.31. The maximum atomic E-state index is 15.5. The van der Waals surface area contributed by atoms with Gasteiger partial charge in [-0.1, -0.05) is 6.07 Å². The van der Waals surface area contributed by atoms with E-state index >= 15 is 4.39 Å². The lowest BCUT2D eigenvalue weighted by atomic mass is 10.0. The molecule has 42 heavy (non-hydrogen) atoms. The maximum Gasteiger partial charge on any atom is 0.416 e. The van der Waals surface area contributed by atoms with Crippen molar-refractivity contribution in [2.75, 3.05) is 13.1 Å². The molecule has 9 nitrogen and oxygen atoms in total. The maximum absolute atomic E-state index is 15.5. The predicted molar refractivity (Wildman–Crippen MR) is 144 cm³/mol. The topological polar surface area (TPSA) is 106 Å². The first-order chi connectivity index (χ1) is 19.9. The summed E-state index contributed by atoms with van der Waals surface area (Å²) in [7, 11) is 0. The lowest BCUT2D eigenvalue weighted by molar-refractivity contribution is -0.137. The molecule has 0 radical (unpaired) electrons. The van der Waals surface area contributed by atoms with Gasteiger partial charge in [0.2, 0.25) is 5.91 Å². The van der Waals surface area contributed by atoms with Crippen LogP contribution >= 0.6 is 0 Å². The smallest absolute Gasteiger partial charge is 0.343 e. The van der Waals surface area contributed by atoms with E-state index in [1.165, 1.54) is 44.2 Å². The van der Waals surface area contributed by atoms with E-state index in [1.807, 2.05) is 6.07 Å². The van der Waals surface area contributed by atoms with Crippen molar-refractivity contribution in [1.29, 1.82) is 5.26 Å². The summed E-state index contributed by atoms with van der Waals surface area (Å²) in [5.41, 5.74) is -2.88. The largest absolute Gasteiger partial charge is 0.416 e. The summed E-state index contributed by atoms with van der Waals surface area (Å²) >= 11 is 0. The number of amides is 1. The molecule has 1 saturated heterocycles. The third-order valence-corrected chi connectivity index (χ3v) is 7.44. The summed E-state index contributed by atoms with van der Waals surface area (Å²) in [5.74, 6) is -1.06. The minimum absolute atomic E-state index is 0.0870. The van der Waals surface area contributed by atoms with Crippen molar-refractivity contribution >= 4 is 5.91 Å². The number of rotatable bonds is 4. The molecule has 2 aromatic heterocycles. The van der Waals surface area contributed by atoms with E-state index in [1.54, 1.807) is 4.90 Å². The van der Waals surface area contributed by atoms with Gasteiger partial charge in [-0.15, -0.1) is 0 Å². The monoisotopic (exact) mass is 580 g/mol. The van der Waals surface area contributed by atoms with E-state index < -0.39 is 34.8 Å². The minimum Gasteiger partial charge on any atom is -0.343 e. The second kappa shape index (κ2) is 10.8. The molecule has 5 rings (SSSR count). The third kappa shape index (κ3) is 5.00. The van der Waals surface area contributed by atoms with Crippen molar-refractivity contribution in [2.24, 2.45) is 0 Å². The number of carbonyl (C=O) groups excluding carboxylic acids is 1. The number of hydrogen-bond donors (Lipinski definition) is 0. The van der Waals surface area contributed by atoms with Crippen LogP contribution in [0.2, 0.25) is 0 Å². The molecular formula is C29H24F4N6O3. The quantitative estimate of drug-likeness (QED) is 0.334. The second-order valence-electron chi connectivity index (χ2n) is 9.95. The Kier molecular flexibility index (Phi) is 7.32. The van der Waals surface area contributed by atoms with Crippen molar-refractivity contribution in [2.45, 2.75) is 38.9 Å². The van der Waals surface area contributed by atoms with Gasteiger partial charge in [0.1, 0.15) is 5.69 Å². The van der Waals surface area contributed by atoms with E-state index in [4.69, 9.17) is 5.26 Å². The highest BCUT2D eigenvalue weighted by molar-refractivity contribution is 5.73. The number of nitrogens with zero attached hydrogens (tertiary/aromatic N) is 6. The van der Waals surface area contributed by atoms with E-state index in [9.17, 15) is 27.6 Å². The number of benzene rings is 2. The van der Waals surface area contributed by atoms with Crippen LogP contribution in [0.25, 0.3) is 22.6 Å². The molecular weight excluding hydrogens is 556 g/mol. The van der Waals surface area contributed by atoms with Gasteiger partial charge in [0.05, 0.1) is 40.3 Å². The molecule has 0 N–H and O–H groups in total. The second-order valence-corrected chi connectivity index (χ2v) is 9.95. The molecule has 1 aliphatic heterocycles. The normalized spacial score (nSPS) is 14.2. The molecule has 0 aliphatic carbocycles. The van der Waals surface area contributed by atoms with Gasteiger partial charge in [0.15, 0.2) is 5.82 Å². The molecule has 0 atom stereocenters. The Morgan fingerprint density at radius 2 is 1.71 bits per heavy atom. The Morgan fingerprint density at radius 3 is 2.31 bits per heavy atom. The molecule has 13 heteroatoms. The number of carbonyl (C=O) groups is 1. The van der Waals surface area contributed by atoms with Crippen LogP contribution in [0.4, 0.5) is 17.6 Å². The fraction of sp³-hybridized carbons (Fsp3) is 0.276. The van der Waals surface area contributed by atoms with Gasteiger partial charge >= 0.3 is 11.9 Å². The van der Waals surface area contributed by atoms with E-state index in [0.29, 0.717) is 11.3 Å². The van der Waals surface area contributed by atoms with Gasteiger partial charge in [-0.25, -0.2) is 13.9 Å². The van der Waals surface area contributed by atoms with Crippen molar-refractivity contribution in [1.82, 2.24) is 23.8 Å². The Bertz CT molecular complexity index is 1840. The summed E-state index contributed by atoms with van der Waals surface area (Å²) in [5, 5.41) is 13.2. The van der Waals surface area contributed by atoms with Crippen LogP contribution in [0.15, 0.2) is 64.3 Å². The van der Waals surface area contributed by atoms with E-state index in [-0.39, 0.29) is 54.5 Å². The number of piperidine rings is 1. The third-order valence-electron chi connectivity index (χ3n) is 7.44. The van der Waals surface area contributed by atoms with Crippen LogP contribution in [0.5, 0.6) is 0 Å². The van der Waals surface area contributed by atoms with Crippen molar-refractivity contribution in [3.63, 3.8) is 0 Å². The average Bonchev–Trinajstić information content (AvgIpc) is 3.33. The number of nitriles is 1. The highest BCUT2D eigenvalue weighted by Gasteiger charge is 2.33. The Hall–Kier alpha value is -4.99. The standard InChI is InChI=1S/C29H24F4N6O3/c1-17-25(26-24(30)16-35-39(26)22-8-6-19(15-34)7-9-22)27(41)38(21-10-12-36(13-11-21)18(2)40)28(42)37(17)23-5-3-4-20(14-23)29(31,32)33/h3-9,14,16,21H,10-13H2,1-2H3. The molecule has 1 amide bonds. The van der Waals surface area contributed by atoms with Crippen molar-refractivity contribution < 1.29 is 22.4 Å². The van der Waals surface area contributed by atoms with Gasteiger partial charge in [-0.2, -0.15) is 23.5 Å². The molecule has 1 aliphatic rings. The number of aromatic nitrogens is 4. The van der Waals surface area contributed by atoms with Crippen LogP contribution in [0.3, 0.4) is 0 Å². The zero-order valence-electron chi connectivity index (χ0n) is 22.5. The van der Waals surface area contributed by atoms with Gasteiger partial charge in [0, 0.05) is 31.7 Å². The lowest BCUT2D eigenvalue weighted by Crippen LogP contribution is -2.47. The molecule has 2 aromatic carbocycles. The van der Waals surface area contributed by atoms with Crippen molar-refractivity contribution in [3.05, 3.63) is 98.2 Å². The van der Waals surface area contributed by atoms with E-state index in [0.717, 1.165) is 38.2 Å². The molecule has 4 aromatic rings. The summed E-state index contributed by atoms with van der Waals surface area (Å²) < 4.78 is 59.4. The van der Waals surface area contributed by atoms with Gasteiger partial charge < -0.3 is 4.90 Å². The summed E-state index contributed by atoms with van der Waals surface area (Å²) in [6.07, 6.45) is -3.35. The average molecular weight is 581 g/mol. The lowest BCUT2D eigenvalue weighted by Gasteiger charge is -2.32. The fourth-order valence-electron chi connectivity index (χ4n) is 5.31. The predicted octanol–water partition coefficient (Wildman–Crippen LogP) is 4.37. The molecule has 0 spiro atoms. The van der Waals surface area contributed by atoms with Crippen LogP contribution in [-0.4, -0.2) is 42.8 Å². The highest BCUT2D eigenvalue weighted by atomic mass is 19.4. The number of likely N-dealkylation sites (tertiary alicyclic amines) is 1. The van der Waals surface area contributed by atoms with Gasteiger partial charge in [-0.05, 0) is 62.2 Å². The van der Waals surface area contributed by atoms with Crippen LogP contribution in [-0.2, 0) is 11.0 Å². The summed E-state index contributed by atoms with van der Waals surface area (Å²) in [4.78, 5) is 41.5. The molecule has 0 unspecified atom stereocenters. The molecule has 1 fully saturated rings. The number of alkyl halides is 3. The summed E-state index contributed by atoms with van der Waals surface area (Å²) in [6, 6.07) is 11.3. The zero-order chi connectivity index (χ0) is 30.3. The zero-order valence-corrected chi connectivity index (χ0v) is 22.5. The summed E-state index contributed by atoms with van der Waals surface area (Å²) in [6.45, 7) is 3.28. The molecule has 0 saturated carbocycles.